The number of hydrogen-bond donors (Lipinski definition) is 1. The van der Waals surface area contributed by atoms with Gasteiger partial charge in [0.1, 0.15) is 6.33 Å². The maximum Gasteiger partial charge on any atom is 0.353 e. The van der Waals surface area contributed by atoms with Crippen LogP contribution in [-0.2, 0) is 0 Å². The van der Waals surface area contributed by atoms with E-state index in [-0.39, 0.29) is 23.1 Å². The van der Waals surface area contributed by atoms with Gasteiger partial charge >= 0.3 is 5.69 Å². The molecule has 0 aliphatic heterocycles. The summed E-state index contributed by atoms with van der Waals surface area (Å²) in [5, 5.41) is 7.77. The number of carbonyl (C=O) groups excluding carboxylic acids is 1. The highest BCUT2D eigenvalue weighted by atomic mass is 16.2. The maximum absolute atomic E-state index is 12.2. The zero-order chi connectivity index (χ0) is 12.7. The summed E-state index contributed by atoms with van der Waals surface area (Å²) in [6.07, 6.45) is 5.30. The third kappa shape index (κ3) is 1.49. The summed E-state index contributed by atoms with van der Waals surface area (Å²) in [6.45, 7) is 0. The second-order valence-electron chi connectivity index (χ2n) is 4.41. The number of aromatic nitrogens is 5. The van der Waals surface area contributed by atoms with Crippen LogP contribution < -0.4 is 11.4 Å². The van der Waals surface area contributed by atoms with Crippen molar-refractivity contribution >= 4 is 11.6 Å². The molecule has 0 spiro atoms. The SMILES string of the molecule is NC(=O)c1ncn2c(=O)n(C3CCCC3)nnc12. The molecule has 1 fully saturated rings. The molecule has 1 amide bonds. The summed E-state index contributed by atoms with van der Waals surface area (Å²) in [5.74, 6) is -0.718. The Hall–Kier alpha value is -2.25. The van der Waals surface area contributed by atoms with Crippen molar-refractivity contribution in [2.45, 2.75) is 31.7 Å². The van der Waals surface area contributed by atoms with Gasteiger partial charge in [0.2, 0.25) is 0 Å². The molecule has 2 aromatic rings. The van der Waals surface area contributed by atoms with Gasteiger partial charge in [0.05, 0.1) is 6.04 Å². The highest BCUT2D eigenvalue weighted by molar-refractivity contribution is 5.96. The van der Waals surface area contributed by atoms with E-state index in [1.807, 2.05) is 0 Å². The lowest BCUT2D eigenvalue weighted by atomic mass is 10.3. The average Bonchev–Trinajstić information content (AvgIpc) is 2.97. The van der Waals surface area contributed by atoms with Crippen molar-refractivity contribution in [2.75, 3.05) is 0 Å². The number of nitrogens with two attached hydrogens (primary N) is 1. The molecule has 2 heterocycles. The van der Waals surface area contributed by atoms with Crippen LogP contribution in [0.1, 0.15) is 42.2 Å². The number of imidazole rings is 1. The van der Waals surface area contributed by atoms with Crippen LogP contribution in [-0.4, -0.2) is 30.3 Å². The van der Waals surface area contributed by atoms with E-state index in [4.69, 9.17) is 5.73 Å². The molecular formula is C10H12N6O2. The van der Waals surface area contributed by atoms with Gasteiger partial charge in [-0.15, -0.1) is 5.10 Å². The van der Waals surface area contributed by atoms with E-state index < -0.39 is 5.91 Å². The number of amides is 1. The molecular weight excluding hydrogens is 236 g/mol. The molecule has 1 saturated carbocycles. The van der Waals surface area contributed by atoms with Crippen molar-refractivity contribution < 1.29 is 4.79 Å². The van der Waals surface area contributed by atoms with Crippen LogP contribution in [0.15, 0.2) is 11.1 Å². The molecule has 0 aromatic carbocycles. The summed E-state index contributed by atoms with van der Waals surface area (Å²) in [6, 6.07) is 0.0915. The molecule has 3 rings (SSSR count). The number of carbonyl (C=O) groups is 1. The summed E-state index contributed by atoms with van der Waals surface area (Å²) in [7, 11) is 0. The van der Waals surface area contributed by atoms with Crippen LogP contribution in [0.25, 0.3) is 5.65 Å². The van der Waals surface area contributed by atoms with Gasteiger partial charge in [0.25, 0.3) is 5.91 Å². The first kappa shape index (κ1) is 10.9. The van der Waals surface area contributed by atoms with Gasteiger partial charge < -0.3 is 5.73 Å². The quantitative estimate of drug-likeness (QED) is 0.770. The molecule has 2 aromatic heterocycles. The van der Waals surface area contributed by atoms with Crippen molar-refractivity contribution in [3.8, 4) is 0 Å². The van der Waals surface area contributed by atoms with E-state index in [2.05, 4.69) is 15.3 Å². The van der Waals surface area contributed by atoms with Crippen molar-refractivity contribution in [1.82, 2.24) is 24.4 Å². The molecule has 0 saturated heterocycles. The fraction of sp³-hybridized carbons (Fsp3) is 0.500. The third-order valence-corrected chi connectivity index (χ3v) is 3.28. The first-order valence-corrected chi connectivity index (χ1v) is 5.81. The molecule has 0 unspecified atom stereocenters. The predicted octanol–water partition coefficient (Wildman–Crippen LogP) is -0.500. The largest absolute Gasteiger partial charge is 0.364 e. The Morgan fingerprint density at radius 1 is 1.39 bits per heavy atom. The number of primary amides is 1. The number of nitrogens with zero attached hydrogens (tertiary/aromatic N) is 5. The van der Waals surface area contributed by atoms with Crippen LogP contribution in [0, 0.1) is 0 Å². The lowest BCUT2D eigenvalue weighted by molar-refractivity contribution is 0.0997. The first-order valence-electron chi connectivity index (χ1n) is 5.81. The molecule has 8 heteroatoms. The second-order valence-corrected chi connectivity index (χ2v) is 4.41. The molecule has 1 aliphatic rings. The van der Waals surface area contributed by atoms with E-state index >= 15 is 0 Å². The number of hydrogen-bond acceptors (Lipinski definition) is 5. The van der Waals surface area contributed by atoms with E-state index in [0.717, 1.165) is 25.7 Å². The van der Waals surface area contributed by atoms with Crippen LogP contribution in [0.5, 0.6) is 0 Å². The fourth-order valence-electron chi connectivity index (χ4n) is 2.37. The second kappa shape index (κ2) is 3.90. The summed E-state index contributed by atoms with van der Waals surface area (Å²) < 4.78 is 2.58. The molecule has 0 radical (unpaired) electrons. The van der Waals surface area contributed by atoms with E-state index in [9.17, 15) is 9.59 Å². The van der Waals surface area contributed by atoms with Gasteiger partial charge in [-0.3, -0.25) is 4.79 Å². The normalized spacial score (nSPS) is 16.4. The van der Waals surface area contributed by atoms with Gasteiger partial charge in [-0.2, -0.15) is 4.68 Å². The third-order valence-electron chi connectivity index (χ3n) is 3.28. The summed E-state index contributed by atoms with van der Waals surface area (Å²) >= 11 is 0. The van der Waals surface area contributed by atoms with Crippen LogP contribution in [0.3, 0.4) is 0 Å². The molecule has 0 bridgehead atoms. The van der Waals surface area contributed by atoms with Gasteiger partial charge in [-0.25, -0.2) is 14.2 Å². The van der Waals surface area contributed by atoms with E-state index in [1.54, 1.807) is 0 Å². The molecule has 8 nitrogen and oxygen atoms in total. The summed E-state index contributed by atoms with van der Waals surface area (Å²) in [4.78, 5) is 27.1. The van der Waals surface area contributed by atoms with Crippen LogP contribution >= 0.6 is 0 Å². The predicted molar refractivity (Wildman–Crippen MR) is 61.1 cm³/mol. The lowest BCUT2D eigenvalue weighted by Gasteiger charge is -2.10. The fourth-order valence-corrected chi connectivity index (χ4v) is 2.37. The topological polar surface area (TPSA) is 108 Å². The molecule has 1 aliphatic carbocycles. The van der Waals surface area contributed by atoms with Gasteiger partial charge in [-0.1, -0.05) is 18.1 Å². The number of rotatable bonds is 2. The molecule has 94 valence electrons. The zero-order valence-corrected chi connectivity index (χ0v) is 9.61. The minimum absolute atomic E-state index is 0.0295. The Kier molecular flexibility index (Phi) is 2.35. The first-order chi connectivity index (χ1) is 8.68. The minimum atomic E-state index is -0.718. The monoisotopic (exact) mass is 248 g/mol. The van der Waals surface area contributed by atoms with Crippen molar-refractivity contribution in [3.05, 3.63) is 22.5 Å². The van der Waals surface area contributed by atoms with Gasteiger partial charge in [0, 0.05) is 0 Å². The highest BCUT2D eigenvalue weighted by Crippen LogP contribution is 2.27. The Balaban J connectivity index is 2.18. The summed E-state index contributed by atoms with van der Waals surface area (Å²) in [5.41, 5.74) is 4.90. The van der Waals surface area contributed by atoms with Gasteiger partial charge in [-0.05, 0) is 12.8 Å². The Bertz CT molecular complexity index is 667. The Morgan fingerprint density at radius 2 is 2.11 bits per heavy atom. The smallest absolute Gasteiger partial charge is 0.353 e. The standard InChI is InChI=1S/C10H12N6O2/c11-8(17)7-9-13-14-16(6-3-1-2-4-6)10(18)15(9)5-12-7/h5-6H,1-4H2,(H2,11,17). The van der Waals surface area contributed by atoms with E-state index in [1.165, 1.54) is 15.4 Å². The highest BCUT2D eigenvalue weighted by Gasteiger charge is 2.22. The van der Waals surface area contributed by atoms with Crippen molar-refractivity contribution in [2.24, 2.45) is 5.73 Å². The zero-order valence-electron chi connectivity index (χ0n) is 9.61. The Morgan fingerprint density at radius 3 is 2.78 bits per heavy atom. The maximum atomic E-state index is 12.2. The molecule has 0 atom stereocenters. The minimum Gasteiger partial charge on any atom is -0.364 e. The molecule has 18 heavy (non-hydrogen) atoms. The lowest BCUT2D eigenvalue weighted by Crippen LogP contribution is -2.32. The average molecular weight is 248 g/mol. The number of fused-ring (bicyclic) bond motifs is 1. The van der Waals surface area contributed by atoms with Crippen molar-refractivity contribution in [1.29, 1.82) is 0 Å². The van der Waals surface area contributed by atoms with Crippen LogP contribution in [0.2, 0.25) is 0 Å². The van der Waals surface area contributed by atoms with Crippen molar-refractivity contribution in [3.63, 3.8) is 0 Å². The Labute approximate surface area is 101 Å². The van der Waals surface area contributed by atoms with E-state index in [0.29, 0.717) is 0 Å². The van der Waals surface area contributed by atoms with Gasteiger partial charge in [0.15, 0.2) is 11.3 Å². The molecule has 2 N–H and O–H groups in total. The van der Waals surface area contributed by atoms with Crippen LogP contribution in [0.4, 0.5) is 0 Å².